The predicted octanol–water partition coefficient (Wildman–Crippen LogP) is 5.50. The maximum absolute atomic E-state index is 4.48. The van der Waals surface area contributed by atoms with Crippen molar-refractivity contribution >= 4 is 43.3 Å². The van der Waals surface area contributed by atoms with Gasteiger partial charge in [0.25, 0.3) is 0 Å². The molecule has 0 saturated heterocycles. The standard InChI is InChI=1S/C17H18BrN3S/c1-4-13-14(11-5-7-12(18)8-6-11)15-16(21-10(2)3)19-9-20-17(15)22-13/h5-10H,4H2,1-3H3,(H,19,20,21). The molecule has 3 nitrogen and oxygen atoms in total. The molecule has 1 aromatic carbocycles. The summed E-state index contributed by atoms with van der Waals surface area (Å²) in [5.74, 6) is 0.925. The molecule has 0 aliphatic carbocycles. The van der Waals surface area contributed by atoms with Gasteiger partial charge in [-0.15, -0.1) is 11.3 Å². The Labute approximate surface area is 142 Å². The molecule has 0 unspecified atom stereocenters. The number of rotatable bonds is 4. The lowest BCUT2D eigenvalue weighted by Crippen LogP contribution is -2.11. The molecular formula is C17H18BrN3S. The van der Waals surface area contributed by atoms with E-state index in [4.69, 9.17) is 0 Å². The lowest BCUT2D eigenvalue weighted by molar-refractivity contribution is 0.890. The van der Waals surface area contributed by atoms with Gasteiger partial charge in [0, 0.05) is 21.0 Å². The Bertz CT molecular complexity index is 794. The Kier molecular flexibility index (Phi) is 4.45. The first-order valence-electron chi connectivity index (χ1n) is 7.39. The van der Waals surface area contributed by atoms with E-state index in [0.29, 0.717) is 6.04 Å². The van der Waals surface area contributed by atoms with Crippen molar-refractivity contribution in [2.75, 3.05) is 5.32 Å². The maximum atomic E-state index is 4.48. The molecule has 1 N–H and O–H groups in total. The molecule has 3 aromatic rings. The number of hydrogen-bond acceptors (Lipinski definition) is 4. The largest absolute Gasteiger partial charge is 0.367 e. The molecule has 0 bridgehead atoms. The fourth-order valence-electron chi connectivity index (χ4n) is 2.53. The number of hydrogen-bond donors (Lipinski definition) is 1. The zero-order valence-electron chi connectivity index (χ0n) is 12.9. The van der Waals surface area contributed by atoms with Crippen LogP contribution in [0.25, 0.3) is 21.3 Å². The SMILES string of the molecule is CCc1sc2ncnc(NC(C)C)c2c1-c1ccc(Br)cc1. The molecule has 0 spiro atoms. The summed E-state index contributed by atoms with van der Waals surface area (Å²) in [6, 6.07) is 8.80. The van der Waals surface area contributed by atoms with Crippen LogP contribution in [0.15, 0.2) is 35.1 Å². The summed E-state index contributed by atoms with van der Waals surface area (Å²) in [7, 11) is 0. The van der Waals surface area contributed by atoms with Crippen LogP contribution in [0.3, 0.4) is 0 Å². The van der Waals surface area contributed by atoms with Crippen LogP contribution in [0.1, 0.15) is 25.6 Å². The third-order valence-electron chi connectivity index (χ3n) is 3.44. The Balaban J connectivity index is 2.28. The zero-order chi connectivity index (χ0) is 15.7. The first-order valence-corrected chi connectivity index (χ1v) is 9.00. The van der Waals surface area contributed by atoms with Gasteiger partial charge in [-0.2, -0.15) is 0 Å². The summed E-state index contributed by atoms with van der Waals surface area (Å²) < 4.78 is 1.09. The number of fused-ring (bicyclic) bond motifs is 1. The van der Waals surface area contributed by atoms with E-state index in [1.807, 2.05) is 0 Å². The molecule has 0 aliphatic rings. The van der Waals surface area contributed by atoms with Crippen molar-refractivity contribution in [3.8, 4) is 11.1 Å². The topological polar surface area (TPSA) is 37.8 Å². The van der Waals surface area contributed by atoms with Crippen LogP contribution in [-0.4, -0.2) is 16.0 Å². The van der Waals surface area contributed by atoms with Crippen LogP contribution < -0.4 is 5.32 Å². The van der Waals surface area contributed by atoms with Gasteiger partial charge in [-0.1, -0.05) is 35.0 Å². The van der Waals surface area contributed by atoms with E-state index >= 15 is 0 Å². The second kappa shape index (κ2) is 6.34. The van der Waals surface area contributed by atoms with E-state index in [2.05, 4.69) is 76.3 Å². The molecule has 0 amide bonds. The van der Waals surface area contributed by atoms with Gasteiger partial charge in [0.2, 0.25) is 0 Å². The molecule has 0 saturated carbocycles. The summed E-state index contributed by atoms with van der Waals surface area (Å²) in [6.45, 7) is 6.44. The predicted molar refractivity (Wildman–Crippen MR) is 98.7 cm³/mol. The van der Waals surface area contributed by atoms with E-state index in [9.17, 15) is 0 Å². The summed E-state index contributed by atoms with van der Waals surface area (Å²) in [6.07, 6.45) is 2.64. The number of nitrogens with zero attached hydrogens (tertiary/aromatic N) is 2. The minimum atomic E-state index is 0.334. The molecular weight excluding hydrogens is 358 g/mol. The summed E-state index contributed by atoms with van der Waals surface area (Å²) in [5.41, 5.74) is 2.48. The number of thiophene rings is 1. The van der Waals surface area contributed by atoms with Gasteiger partial charge in [0.15, 0.2) is 0 Å². The van der Waals surface area contributed by atoms with Crippen molar-refractivity contribution in [1.29, 1.82) is 0 Å². The van der Waals surface area contributed by atoms with Gasteiger partial charge in [-0.3, -0.25) is 0 Å². The van der Waals surface area contributed by atoms with E-state index in [-0.39, 0.29) is 0 Å². The summed E-state index contributed by atoms with van der Waals surface area (Å²) in [5, 5.41) is 4.59. The third kappa shape index (κ3) is 2.88. The number of anilines is 1. The zero-order valence-corrected chi connectivity index (χ0v) is 15.3. The number of benzene rings is 1. The number of nitrogens with one attached hydrogen (secondary N) is 1. The maximum Gasteiger partial charge on any atom is 0.139 e. The molecule has 0 atom stereocenters. The smallest absolute Gasteiger partial charge is 0.139 e. The van der Waals surface area contributed by atoms with Crippen molar-refractivity contribution in [3.63, 3.8) is 0 Å². The van der Waals surface area contributed by atoms with Crippen molar-refractivity contribution in [2.45, 2.75) is 33.2 Å². The lowest BCUT2D eigenvalue weighted by Gasteiger charge is -2.11. The van der Waals surface area contributed by atoms with E-state index in [1.54, 1.807) is 17.7 Å². The van der Waals surface area contributed by atoms with Crippen molar-refractivity contribution in [3.05, 3.63) is 39.9 Å². The van der Waals surface area contributed by atoms with Crippen molar-refractivity contribution in [1.82, 2.24) is 9.97 Å². The van der Waals surface area contributed by atoms with Crippen LogP contribution in [0.4, 0.5) is 5.82 Å². The first kappa shape index (κ1) is 15.4. The lowest BCUT2D eigenvalue weighted by atomic mass is 10.0. The molecule has 5 heteroatoms. The molecule has 3 rings (SSSR count). The van der Waals surface area contributed by atoms with Gasteiger partial charge in [0.05, 0.1) is 5.39 Å². The highest BCUT2D eigenvalue weighted by molar-refractivity contribution is 9.10. The first-order chi connectivity index (χ1) is 10.6. The van der Waals surface area contributed by atoms with Gasteiger partial charge in [0.1, 0.15) is 17.0 Å². The second-order valence-electron chi connectivity index (χ2n) is 5.46. The van der Waals surface area contributed by atoms with Crippen molar-refractivity contribution in [2.24, 2.45) is 0 Å². The Morgan fingerprint density at radius 1 is 1.18 bits per heavy atom. The molecule has 2 aromatic heterocycles. The van der Waals surface area contributed by atoms with Gasteiger partial charge in [-0.25, -0.2) is 9.97 Å². The van der Waals surface area contributed by atoms with Gasteiger partial charge < -0.3 is 5.32 Å². The number of halogens is 1. The molecule has 0 radical (unpaired) electrons. The van der Waals surface area contributed by atoms with Gasteiger partial charge in [-0.05, 0) is 38.0 Å². The van der Waals surface area contributed by atoms with E-state index in [0.717, 1.165) is 26.9 Å². The van der Waals surface area contributed by atoms with Crippen molar-refractivity contribution < 1.29 is 0 Å². The molecule has 22 heavy (non-hydrogen) atoms. The highest BCUT2D eigenvalue weighted by Crippen LogP contribution is 2.41. The highest BCUT2D eigenvalue weighted by Gasteiger charge is 2.18. The van der Waals surface area contributed by atoms with Crippen LogP contribution in [0, 0.1) is 0 Å². The Morgan fingerprint density at radius 3 is 2.55 bits per heavy atom. The fourth-order valence-corrected chi connectivity index (χ4v) is 3.90. The number of aromatic nitrogens is 2. The summed E-state index contributed by atoms with van der Waals surface area (Å²) >= 11 is 5.27. The minimum absolute atomic E-state index is 0.334. The normalized spacial score (nSPS) is 11.3. The third-order valence-corrected chi connectivity index (χ3v) is 5.21. The van der Waals surface area contributed by atoms with Crippen LogP contribution in [0.2, 0.25) is 0 Å². The Morgan fingerprint density at radius 2 is 1.91 bits per heavy atom. The van der Waals surface area contributed by atoms with E-state index in [1.165, 1.54) is 16.0 Å². The average Bonchev–Trinajstić information content (AvgIpc) is 2.87. The fraction of sp³-hybridized carbons (Fsp3) is 0.294. The average molecular weight is 376 g/mol. The monoisotopic (exact) mass is 375 g/mol. The molecule has 0 fully saturated rings. The Hall–Kier alpha value is -1.46. The highest BCUT2D eigenvalue weighted by atomic mass is 79.9. The molecule has 0 aliphatic heterocycles. The van der Waals surface area contributed by atoms with Crippen LogP contribution in [0.5, 0.6) is 0 Å². The van der Waals surface area contributed by atoms with E-state index < -0.39 is 0 Å². The minimum Gasteiger partial charge on any atom is -0.367 e. The van der Waals surface area contributed by atoms with Gasteiger partial charge >= 0.3 is 0 Å². The second-order valence-corrected chi connectivity index (χ2v) is 7.46. The quantitative estimate of drug-likeness (QED) is 0.653. The van der Waals surface area contributed by atoms with Crippen LogP contribution >= 0.6 is 27.3 Å². The number of aryl methyl sites for hydroxylation is 1. The molecule has 114 valence electrons. The van der Waals surface area contributed by atoms with Crippen LogP contribution in [-0.2, 0) is 6.42 Å². The summed E-state index contributed by atoms with van der Waals surface area (Å²) in [4.78, 5) is 11.4. The molecule has 2 heterocycles.